The summed E-state index contributed by atoms with van der Waals surface area (Å²) in [5.74, 6) is 1.36. The molecule has 0 heterocycles. The normalized spacial score (nSPS) is 12.0. The van der Waals surface area contributed by atoms with Gasteiger partial charge in [-0.15, -0.1) is 0 Å². The summed E-state index contributed by atoms with van der Waals surface area (Å²) in [5.41, 5.74) is 1.80. The molecule has 0 amide bonds. The van der Waals surface area contributed by atoms with Gasteiger partial charge in [0.15, 0.2) is 11.5 Å². The van der Waals surface area contributed by atoms with E-state index in [2.05, 4.69) is 5.32 Å². The molecule has 0 saturated carbocycles. The van der Waals surface area contributed by atoms with Crippen molar-refractivity contribution < 1.29 is 14.6 Å². The topological polar surface area (TPSA) is 50.7 Å². The summed E-state index contributed by atoms with van der Waals surface area (Å²) in [6.07, 6.45) is -0.410. The predicted molar refractivity (Wildman–Crippen MR) is 102 cm³/mol. The highest BCUT2D eigenvalue weighted by molar-refractivity contribution is 6.35. The van der Waals surface area contributed by atoms with Crippen LogP contribution in [-0.4, -0.2) is 24.4 Å². The second-order valence-electron chi connectivity index (χ2n) is 5.68. The largest absolute Gasteiger partial charge is 0.490 e. The second kappa shape index (κ2) is 9.88. The van der Waals surface area contributed by atoms with E-state index >= 15 is 0 Å². The van der Waals surface area contributed by atoms with Crippen molar-refractivity contribution in [2.24, 2.45) is 0 Å². The van der Waals surface area contributed by atoms with Gasteiger partial charge >= 0.3 is 0 Å². The van der Waals surface area contributed by atoms with E-state index in [9.17, 15) is 5.11 Å². The first kappa shape index (κ1) is 19.9. The van der Waals surface area contributed by atoms with Crippen LogP contribution in [0.5, 0.6) is 11.5 Å². The molecule has 0 aliphatic rings. The molecule has 2 N–H and O–H groups in total. The third kappa shape index (κ3) is 6.08. The van der Waals surface area contributed by atoms with Crippen molar-refractivity contribution in [3.05, 3.63) is 57.6 Å². The number of ether oxygens (including phenoxy) is 2. The fourth-order valence-corrected chi connectivity index (χ4v) is 2.80. The van der Waals surface area contributed by atoms with Crippen molar-refractivity contribution in [1.82, 2.24) is 5.32 Å². The van der Waals surface area contributed by atoms with Crippen molar-refractivity contribution in [3.63, 3.8) is 0 Å². The second-order valence-corrected chi connectivity index (χ2v) is 6.53. The van der Waals surface area contributed by atoms with E-state index in [1.54, 1.807) is 19.1 Å². The zero-order valence-electron chi connectivity index (χ0n) is 14.4. The molecule has 0 unspecified atom stereocenters. The molecular formula is C19H23Cl2NO3. The zero-order valence-corrected chi connectivity index (χ0v) is 15.9. The Morgan fingerprint density at radius 1 is 1.12 bits per heavy atom. The lowest BCUT2D eigenvalue weighted by atomic mass is 10.1. The number of hydrogen-bond donors (Lipinski definition) is 2. The number of rotatable bonds is 9. The lowest BCUT2D eigenvalue weighted by Gasteiger charge is -2.17. The minimum absolute atomic E-state index is 0.309. The molecule has 2 rings (SSSR count). The molecule has 0 saturated heterocycles. The standard InChI is InChI=1S/C19H23Cl2NO3/c1-3-24-18-6-4-5-14(11-22-10-13(2)23)19(18)25-12-15-7-8-16(20)9-17(15)21/h4-9,13,22-23H,3,10-12H2,1-2H3/t13-/m1/s1. The lowest BCUT2D eigenvalue weighted by Crippen LogP contribution is -2.24. The molecule has 136 valence electrons. The summed E-state index contributed by atoms with van der Waals surface area (Å²) in [6, 6.07) is 11.1. The van der Waals surface area contributed by atoms with Gasteiger partial charge in [-0.05, 0) is 32.0 Å². The summed E-state index contributed by atoms with van der Waals surface area (Å²) in [6.45, 7) is 5.59. The van der Waals surface area contributed by atoms with E-state index in [-0.39, 0.29) is 0 Å². The predicted octanol–water partition coefficient (Wildman–Crippen LogP) is 4.44. The minimum atomic E-state index is -0.410. The third-order valence-electron chi connectivity index (χ3n) is 3.50. The van der Waals surface area contributed by atoms with Gasteiger partial charge in [-0.2, -0.15) is 0 Å². The maximum Gasteiger partial charge on any atom is 0.166 e. The van der Waals surface area contributed by atoms with Crippen molar-refractivity contribution in [2.75, 3.05) is 13.2 Å². The number of aliphatic hydroxyl groups is 1. The summed E-state index contributed by atoms with van der Waals surface area (Å²) < 4.78 is 11.7. The molecule has 0 bridgehead atoms. The quantitative estimate of drug-likeness (QED) is 0.671. The maximum absolute atomic E-state index is 9.40. The van der Waals surface area contributed by atoms with E-state index in [1.165, 1.54) is 0 Å². The van der Waals surface area contributed by atoms with Gasteiger partial charge in [-0.1, -0.05) is 41.4 Å². The lowest BCUT2D eigenvalue weighted by molar-refractivity contribution is 0.190. The van der Waals surface area contributed by atoms with Gasteiger partial charge in [-0.3, -0.25) is 0 Å². The van der Waals surface area contributed by atoms with Crippen LogP contribution in [0.25, 0.3) is 0 Å². The van der Waals surface area contributed by atoms with Gasteiger partial charge in [0, 0.05) is 34.3 Å². The number of halogens is 2. The Bertz CT molecular complexity index is 692. The monoisotopic (exact) mass is 383 g/mol. The smallest absolute Gasteiger partial charge is 0.166 e. The van der Waals surface area contributed by atoms with Crippen molar-refractivity contribution in [2.45, 2.75) is 33.1 Å². The van der Waals surface area contributed by atoms with Crippen LogP contribution >= 0.6 is 23.2 Å². The molecule has 6 heteroatoms. The third-order valence-corrected chi connectivity index (χ3v) is 4.09. The average Bonchev–Trinajstić information content (AvgIpc) is 2.55. The Balaban J connectivity index is 2.17. The summed E-state index contributed by atoms with van der Waals surface area (Å²) >= 11 is 12.2. The van der Waals surface area contributed by atoms with Crippen LogP contribution in [-0.2, 0) is 13.2 Å². The highest BCUT2D eigenvalue weighted by atomic mass is 35.5. The molecule has 0 fully saturated rings. The number of nitrogens with one attached hydrogen (secondary N) is 1. The fourth-order valence-electron chi connectivity index (χ4n) is 2.34. The van der Waals surface area contributed by atoms with Gasteiger partial charge in [0.25, 0.3) is 0 Å². The van der Waals surface area contributed by atoms with Crippen LogP contribution in [0, 0.1) is 0 Å². The molecule has 0 radical (unpaired) electrons. The van der Waals surface area contributed by atoms with Gasteiger partial charge in [-0.25, -0.2) is 0 Å². The van der Waals surface area contributed by atoms with E-state index in [0.29, 0.717) is 47.8 Å². The zero-order chi connectivity index (χ0) is 18.2. The van der Waals surface area contributed by atoms with Gasteiger partial charge < -0.3 is 19.9 Å². The van der Waals surface area contributed by atoms with Crippen LogP contribution in [0.3, 0.4) is 0 Å². The Hall–Kier alpha value is -1.46. The molecule has 0 aliphatic heterocycles. The van der Waals surface area contributed by atoms with Gasteiger partial charge in [0.1, 0.15) is 6.61 Å². The van der Waals surface area contributed by atoms with Crippen LogP contribution in [0.4, 0.5) is 0 Å². The Labute approximate surface area is 158 Å². The average molecular weight is 384 g/mol. The molecule has 0 aliphatic carbocycles. The molecule has 0 aromatic heterocycles. The SMILES string of the molecule is CCOc1cccc(CNC[C@@H](C)O)c1OCc1ccc(Cl)cc1Cl. The summed E-state index contributed by atoms with van der Waals surface area (Å²) in [5, 5.41) is 13.8. The summed E-state index contributed by atoms with van der Waals surface area (Å²) in [4.78, 5) is 0. The highest BCUT2D eigenvalue weighted by Crippen LogP contribution is 2.33. The van der Waals surface area contributed by atoms with Crippen molar-refractivity contribution >= 4 is 23.2 Å². The molecule has 0 spiro atoms. The number of aliphatic hydroxyl groups excluding tert-OH is 1. The first-order valence-corrected chi connectivity index (χ1v) is 8.97. The number of hydrogen-bond acceptors (Lipinski definition) is 4. The van der Waals surface area contributed by atoms with Crippen molar-refractivity contribution in [1.29, 1.82) is 0 Å². The molecule has 4 nitrogen and oxygen atoms in total. The first-order valence-electron chi connectivity index (χ1n) is 8.21. The Morgan fingerprint density at radius 2 is 1.92 bits per heavy atom. The van der Waals surface area contributed by atoms with Crippen LogP contribution in [0.2, 0.25) is 10.0 Å². The number of benzene rings is 2. The minimum Gasteiger partial charge on any atom is -0.490 e. The molecule has 25 heavy (non-hydrogen) atoms. The van der Waals surface area contributed by atoms with Crippen LogP contribution in [0.15, 0.2) is 36.4 Å². The van der Waals surface area contributed by atoms with E-state index in [4.69, 9.17) is 32.7 Å². The first-order chi connectivity index (χ1) is 12.0. The molecule has 1 atom stereocenters. The Morgan fingerprint density at radius 3 is 2.60 bits per heavy atom. The van der Waals surface area contributed by atoms with E-state index in [1.807, 2.05) is 31.2 Å². The fraction of sp³-hybridized carbons (Fsp3) is 0.368. The summed E-state index contributed by atoms with van der Waals surface area (Å²) in [7, 11) is 0. The van der Waals surface area contributed by atoms with Crippen LogP contribution in [0.1, 0.15) is 25.0 Å². The molecule has 2 aromatic rings. The van der Waals surface area contributed by atoms with Gasteiger partial charge in [0.05, 0.1) is 12.7 Å². The van der Waals surface area contributed by atoms with Crippen LogP contribution < -0.4 is 14.8 Å². The maximum atomic E-state index is 9.40. The molecular weight excluding hydrogens is 361 g/mol. The Kier molecular flexibility index (Phi) is 7.85. The van der Waals surface area contributed by atoms with Crippen molar-refractivity contribution in [3.8, 4) is 11.5 Å². The highest BCUT2D eigenvalue weighted by Gasteiger charge is 2.12. The van der Waals surface area contributed by atoms with Gasteiger partial charge in [0.2, 0.25) is 0 Å². The van der Waals surface area contributed by atoms with E-state index in [0.717, 1.165) is 11.1 Å². The van der Waals surface area contributed by atoms with E-state index < -0.39 is 6.10 Å². The molecule has 2 aromatic carbocycles. The number of para-hydroxylation sites is 1.